The number of anilines is 2. The maximum atomic E-state index is 12.6. The fourth-order valence-electron chi connectivity index (χ4n) is 3.69. The summed E-state index contributed by atoms with van der Waals surface area (Å²) in [6.07, 6.45) is 0.866. The molecule has 0 spiro atoms. The maximum absolute atomic E-state index is 12.6. The van der Waals surface area contributed by atoms with Crippen molar-refractivity contribution in [3.05, 3.63) is 54.1 Å². The summed E-state index contributed by atoms with van der Waals surface area (Å²) in [5.74, 6) is -1.02. The van der Waals surface area contributed by atoms with Crippen LogP contribution in [0.4, 0.5) is 11.4 Å². The molecular weight excluding hydrogens is 468 g/mol. The largest absolute Gasteiger partial charge is 0.339 e. The molecule has 1 heterocycles. The summed E-state index contributed by atoms with van der Waals surface area (Å²) < 4.78 is 27.3. The summed E-state index contributed by atoms with van der Waals surface area (Å²) in [6.45, 7) is 7.92. The number of nitrogens with zero attached hydrogens (tertiary/aromatic N) is 1. The monoisotopic (exact) mass is 500 g/mol. The molecule has 3 rings (SSSR count). The van der Waals surface area contributed by atoms with Gasteiger partial charge < -0.3 is 15.5 Å². The van der Waals surface area contributed by atoms with Crippen molar-refractivity contribution in [1.29, 1.82) is 0 Å². The first kappa shape index (κ1) is 26.4. The topological polar surface area (TPSA) is 125 Å². The van der Waals surface area contributed by atoms with Gasteiger partial charge in [-0.3, -0.25) is 14.4 Å². The number of likely N-dealkylation sites (tertiary alicyclic amines) is 1. The highest BCUT2D eigenvalue weighted by atomic mass is 32.2. The standard InChI is InChI=1S/C25H32N4O5S/c1-5-17(4)28-35(33,34)22-12-10-21(11-13-22)26-24(31)18-6-8-20(9-7-18)27-25(32)19-14-23(30)29(15-19)16(2)3/h6-13,16-17,19,28H,5,14-15H2,1-4H3,(H,26,31)(H,27,32). The van der Waals surface area contributed by atoms with Gasteiger partial charge in [0, 0.05) is 42.0 Å². The Morgan fingerprint density at radius 2 is 1.54 bits per heavy atom. The molecule has 10 heteroatoms. The Balaban J connectivity index is 1.57. The fourth-order valence-corrected chi connectivity index (χ4v) is 5.02. The molecule has 1 fully saturated rings. The molecule has 188 valence electrons. The van der Waals surface area contributed by atoms with Crippen LogP contribution in [0.1, 0.15) is 50.9 Å². The zero-order valence-electron chi connectivity index (χ0n) is 20.4. The van der Waals surface area contributed by atoms with Crippen LogP contribution in [-0.2, 0) is 19.6 Å². The summed E-state index contributed by atoms with van der Waals surface area (Å²) in [5.41, 5.74) is 1.36. The summed E-state index contributed by atoms with van der Waals surface area (Å²) in [7, 11) is -3.62. The summed E-state index contributed by atoms with van der Waals surface area (Å²) in [6, 6.07) is 12.2. The van der Waals surface area contributed by atoms with Crippen LogP contribution in [0, 0.1) is 5.92 Å². The van der Waals surface area contributed by atoms with E-state index in [1.807, 2.05) is 20.8 Å². The van der Waals surface area contributed by atoms with Gasteiger partial charge >= 0.3 is 0 Å². The first-order valence-corrected chi connectivity index (χ1v) is 13.1. The van der Waals surface area contributed by atoms with Crippen molar-refractivity contribution >= 4 is 39.1 Å². The number of benzene rings is 2. The minimum Gasteiger partial charge on any atom is -0.339 e. The normalized spacial score (nSPS) is 16.9. The van der Waals surface area contributed by atoms with Crippen molar-refractivity contribution in [3.63, 3.8) is 0 Å². The van der Waals surface area contributed by atoms with E-state index in [0.717, 1.165) is 0 Å². The lowest BCUT2D eigenvalue weighted by Gasteiger charge is -2.20. The molecule has 3 amide bonds. The molecular formula is C25H32N4O5S. The molecule has 2 unspecified atom stereocenters. The van der Waals surface area contributed by atoms with Gasteiger partial charge in [0.2, 0.25) is 21.8 Å². The van der Waals surface area contributed by atoms with Crippen molar-refractivity contribution in [3.8, 4) is 0 Å². The highest BCUT2D eigenvalue weighted by molar-refractivity contribution is 7.89. The molecule has 2 aromatic rings. The van der Waals surface area contributed by atoms with Gasteiger partial charge in [0.1, 0.15) is 0 Å². The number of rotatable bonds is 9. The third-order valence-electron chi connectivity index (χ3n) is 5.96. The summed E-state index contributed by atoms with van der Waals surface area (Å²) in [5, 5.41) is 5.53. The Morgan fingerprint density at radius 1 is 0.971 bits per heavy atom. The van der Waals surface area contributed by atoms with Crippen molar-refractivity contribution in [2.45, 2.75) is 57.5 Å². The van der Waals surface area contributed by atoms with Crippen LogP contribution >= 0.6 is 0 Å². The first-order chi connectivity index (χ1) is 16.5. The van der Waals surface area contributed by atoms with E-state index in [4.69, 9.17) is 0 Å². The molecule has 0 bridgehead atoms. The summed E-state index contributed by atoms with van der Waals surface area (Å²) >= 11 is 0. The smallest absolute Gasteiger partial charge is 0.255 e. The van der Waals surface area contributed by atoms with Crippen LogP contribution in [0.2, 0.25) is 0 Å². The number of hydrogen-bond acceptors (Lipinski definition) is 5. The third kappa shape index (κ3) is 6.67. The van der Waals surface area contributed by atoms with Gasteiger partial charge in [-0.05, 0) is 75.7 Å². The van der Waals surface area contributed by atoms with Crippen molar-refractivity contribution in [1.82, 2.24) is 9.62 Å². The average molecular weight is 501 g/mol. The minimum absolute atomic E-state index is 0.0235. The Labute approximate surface area is 206 Å². The number of carbonyl (C=O) groups excluding carboxylic acids is 3. The lowest BCUT2D eigenvalue weighted by molar-refractivity contribution is -0.129. The fraction of sp³-hybridized carbons (Fsp3) is 0.400. The van der Waals surface area contributed by atoms with Crippen LogP contribution < -0.4 is 15.4 Å². The zero-order chi connectivity index (χ0) is 25.8. The molecule has 2 atom stereocenters. The van der Waals surface area contributed by atoms with E-state index in [0.29, 0.717) is 29.9 Å². The second kappa shape index (κ2) is 11.0. The highest BCUT2D eigenvalue weighted by Crippen LogP contribution is 2.22. The lowest BCUT2D eigenvalue weighted by Crippen LogP contribution is -2.33. The van der Waals surface area contributed by atoms with Crippen LogP contribution in [0.5, 0.6) is 0 Å². The molecule has 2 aromatic carbocycles. The minimum atomic E-state index is -3.62. The average Bonchev–Trinajstić information content (AvgIpc) is 3.21. The predicted octanol–water partition coefficient (Wildman–Crippen LogP) is 3.21. The van der Waals surface area contributed by atoms with E-state index in [9.17, 15) is 22.8 Å². The van der Waals surface area contributed by atoms with E-state index < -0.39 is 15.9 Å². The quantitative estimate of drug-likeness (QED) is 0.488. The Kier molecular flexibility index (Phi) is 8.29. The molecule has 0 radical (unpaired) electrons. The maximum Gasteiger partial charge on any atom is 0.255 e. The van der Waals surface area contributed by atoms with E-state index in [-0.39, 0.29) is 41.1 Å². The Hall–Kier alpha value is -3.24. The van der Waals surface area contributed by atoms with Crippen molar-refractivity contribution in [2.75, 3.05) is 17.2 Å². The highest BCUT2D eigenvalue weighted by Gasteiger charge is 2.35. The van der Waals surface area contributed by atoms with Crippen LogP contribution in [-0.4, -0.2) is 49.7 Å². The lowest BCUT2D eigenvalue weighted by atomic mass is 10.1. The number of sulfonamides is 1. The van der Waals surface area contributed by atoms with Crippen LogP contribution in [0.15, 0.2) is 53.4 Å². The van der Waals surface area contributed by atoms with Gasteiger partial charge in [-0.2, -0.15) is 0 Å². The Morgan fingerprint density at radius 3 is 2.09 bits per heavy atom. The molecule has 1 aliphatic rings. The molecule has 1 saturated heterocycles. The Bertz CT molecular complexity index is 1180. The number of carbonyl (C=O) groups is 3. The molecule has 35 heavy (non-hydrogen) atoms. The van der Waals surface area contributed by atoms with Gasteiger partial charge in [-0.15, -0.1) is 0 Å². The number of hydrogen-bond donors (Lipinski definition) is 3. The third-order valence-corrected chi connectivity index (χ3v) is 7.56. The molecule has 3 N–H and O–H groups in total. The van der Waals surface area contributed by atoms with Gasteiger partial charge in [0.05, 0.1) is 10.8 Å². The molecule has 9 nitrogen and oxygen atoms in total. The van der Waals surface area contributed by atoms with E-state index in [2.05, 4.69) is 15.4 Å². The van der Waals surface area contributed by atoms with Crippen LogP contribution in [0.3, 0.4) is 0 Å². The van der Waals surface area contributed by atoms with Gasteiger partial charge in [0.15, 0.2) is 0 Å². The molecule has 0 saturated carbocycles. The zero-order valence-corrected chi connectivity index (χ0v) is 21.2. The second-order valence-electron chi connectivity index (χ2n) is 9.02. The van der Waals surface area contributed by atoms with Crippen LogP contribution in [0.25, 0.3) is 0 Å². The molecule has 1 aliphatic heterocycles. The van der Waals surface area contributed by atoms with E-state index in [1.54, 1.807) is 36.1 Å². The first-order valence-electron chi connectivity index (χ1n) is 11.6. The molecule has 0 aliphatic carbocycles. The summed E-state index contributed by atoms with van der Waals surface area (Å²) in [4.78, 5) is 39.0. The van der Waals surface area contributed by atoms with Crippen molar-refractivity contribution < 1.29 is 22.8 Å². The van der Waals surface area contributed by atoms with Crippen molar-refractivity contribution in [2.24, 2.45) is 5.92 Å². The van der Waals surface area contributed by atoms with Gasteiger partial charge in [-0.1, -0.05) is 6.92 Å². The van der Waals surface area contributed by atoms with E-state index >= 15 is 0 Å². The second-order valence-corrected chi connectivity index (χ2v) is 10.7. The predicted molar refractivity (Wildman–Crippen MR) is 134 cm³/mol. The SMILES string of the molecule is CCC(C)NS(=O)(=O)c1ccc(NC(=O)c2ccc(NC(=O)C3CC(=O)N(C(C)C)C3)cc2)cc1. The number of nitrogens with one attached hydrogen (secondary N) is 3. The van der Waals surface area contributed by atoms with E-state index in [1.165, 1.54) is 24.3 Å². The van der Waals surface area contributed by atoms with Gasteiger partial charge in [-0.25, -0.2) is 13.1 Å². The number of amides is 3. The molecule has 0 aromatic heterocycles. The van der Waals surface area contributed by atoms with Gasteiger partial charge in [0.25, 0.3) is 5.91 Å².